The number of carbonyl (C=O) groups is 2. The number of hydrogen-bond acceptors (Lipinski definition) is 6. The smallest absolute Gasteiger partial charge is 0.242 e. The molecule has 2 heterocycles. The van der Waals surface area contributed by atoms with Crippen molar-refractivity contribution in [1.29, 1.82) is 0 Å². The van der Waals surface area contributed by atoms with Crippen LogP contribution in [-0.4, -0.2) is 46.9 Å². The van der Waals surface area contributed by atoms with Crippen LogP contribution in [0.3, 0.4) is 0 Å². The van der Waals surface area contributed by atoms with Crippen LogP contribution < -0.4 is 16.4 Å². The van der Waals surface area contributed by atoms with Crippen LogP contribution in [0, 0.1) is 5.92 Å². The average molecular weight is 408 g/mol. The summed E-state index contributed by atoms with van der Waals surface area (Å²) in [6, 6.07) is -0.576. The molecule has 2 amide bonds. The first kappa shape index (κ1) is 21.0. The highest BCUT2D eigenvalue weighted by Gasteiger charge is 2.33. The van der Waals surface area contributed by atoms with Crippen LogP contribution in [0.5, 0.6) is 0 Å². The molecule has 0 aromatic carbocycles. The number of likely N-dealkylation sites (tertiary alicyclic amines) is 1. The molecule has 3 rings (SSSR count). The van der Waals surface area contributed by atoms with Gasteiger partial charge in [0.2, 0.25) is 11.8 Å². The zero-order valence-electron chi connectivity index (χ0n) is 16.8. The summed E-state index contributed by atoms with van der Waals surface area (Å²) >= 11 is 1.37. The number of hydrogen-bond donors (Lipinski definition) is 3. The summed E-state index contributed by atoms with van der Waals surface area (Å²) in [4.78, 5) is 32.9. The molecule has 2 fully saturated rings. The van der Waals surface area contributed by atoms with Gasteiger partial charge in [0.05, 0.1) is 12.6 Å². The van der Waals surface area contributed by atoms with Gasteiger partial charge < -0.3 is 16.4 Å². The lowest BCUT2D eigenvalue weighted by Crippen LogP contribution is -2.52. The van der Waals surface area contributed by atoms with Gasteiger partial charge >= 0.3 is 0 Å². The van der Waals surface area contributed by atoms with Gasteiger partial charge in [-0.1, -0.05) is 39.0 Å². The van der Waals surface area contributed by atoms with Crippen molar-refractivity contribution in [2.75, 3.05) is 18.8 Å². The van der Waals surface area contributed by atoms with E-state index >= 15 is 0 Å². The van der Waals surface area contributed by atoms with Crippen molar-refractivity contribution in [2.45, 2.75) is 76.9 Å². The Balaban J connectivity index is 1.61. The molecule has 0 spiro atoms. The molecule has 0 radical (unpaired) electrons. The second-order valence-corrected chi connectivity index (χ2v) is 9.12. The number of rotatable bonds is 8. The lowest BCUT2D eigenvalue weighted by atomic mass is 9.84. The molecule has 1 saturated heterocycles. The van der Waals surface area contributed by atoms with Crippen LogP contribution in [0.2, 0.25) is 0 Å². The molecule has 1 aromatic rings. The van der Waals surface area contributed by atoms with Crippen molar-refractivity contribution in [3.8, 4) is 0 Å². The van der Waals surface area contributed by atoms with Gasteiger partial charge in [0, 0.05) is 11.1 Å². The van der Waals surface area contributed by atoms with Gasteiger partial charge in [-0.15, -0.1) is 11.3 Å². The van der Waals surface area contributed by atoms with E-state index in [1.165, 1.54) is 30.6 Å². The molecule has 0 bridgehead atoms. The molecule has 0 unspecified atom stereocenters. The van der Waals surface area contributed by atoms with E-state index in [0.717, 1.165) is 50.1 Å². The van der Waals surface area contributed by atoms with Gasteiger partial charge in [-0.25, -0.2) is 4.98 Å². The minimum absolute atomic E-state index is 0.00246. The third-order valence-electron chi connectivity index (χ3n) is 6.01. The minimum Gasteiger partial charge on any atom is -0.375 e. The van der Waals surface area contributed by atoms with Gasteiger partial charge in [-0.2, -0.15) is 0 Å². The number of anilines is 1. The summed E-state index contributed by atoms with van der Waals surface area (Å²) in [5.41, 5.74) is 5.66. The molecule has 4 N–H and O–H groups in total. The Morgan fingerprint density at radius 3 is 2.75 bits per heavy atom. The Kier molecular flexibility index (Phi) is 7.67. The molecule has 1 saturated carbocycles. The monoisotopic (exact) mass is 407 g/mol. The third kappa shape index (κ3) is 5.67. The molecule has 1 aromatic heterocycles. The van der Waals surface area contributed by atoms with Gasteiger partial charge in [-0.3, -0.25) is 14.5 Å². The fraction of sp³-hybridized carbons (Fsp3) is 0.750. The molecular weight excluding hydrogens is 374 g/mol. The first-order valence-electron chi connectivity index (χ1n) is 10.6. The number of thiazole rings is 1. The summed E-state index contributed by atoms with van der Waals surface area (Å²) in [5.74, 6) is 0.402. The SMILES string of the molecule is CCN1CCC[C@@H]1C(=O)N[C@@H](CC1CCCCC1)C(=O)NCc1cnc(N)s1. The third-order valence-corrected chi connectivity index (χ3v) is 6.83. The Morgan fingerprint density at radius 1 is 1.29 bits per heavy atom. The Hall–Kier alpha value is -1.67. The summed E-state index contributed by atoms with van der Waals surface area (Å²) in [6.45, 7) is 4.30. The Labute approximate surface area is 171 Å². The van der Waals surface area contributed by atoms with E-state index in [-0.39, 0.29) is 17.9 Å². The van der Waals surface area contributed by atoms with E-state index in [4.69, 9.17) is 5.73 Å². The number of nitrogens with one attached hydrogen (secondary N) is 2. The van der Waals surface area contributed by atoms with Crippen molar-refractivity contribution in [3.63, 3.8) is 0 Å². The van der Waals surface area contributed by atoms with Gasteiger partial charge in [-0.05, 0) is 38.3 Å². The molecule has 7 nitrogen and oxygen atoms in total. The molecule has 156 valence electrons. The average Bonchev–Trinajstić information content (AvgIpc) is 3.35. The van der Waals surface area contributed by atoms with Crippen LogP contribution in [-0.2, 0) is 16.1 Å². The molecule has 1 aliphatic heterocycles. The first-order chi connectivity index (χ1) is 13.6. The second kappa shape index (κ2) is 10.2. The maximum Gasteiger partial charge on any atom is 0.242 e. The summed E-state index contributed by atoms with van der Waals surface area (Å²) < 4.78 is 0. The standard InChI is InChI=1S/C20H33N5O2S/c1-2-25-10-6-9-17(25)19(27)24-16(11-14-7-4-3-5-8-14)18(26)22-12-15-13-23-20(21)28-15/h13-14,16-17H,2-12H2,1H3,(H2,21,23)(H,22,26)(H,24,27)/t16-,17+/m0/s1. The van der Waals surface area contributed by atoms with Crippen molar-refractivity contribution in [1.82, 2.24) is 20.5 Å². The number of nitrogen functional groups attached to an aromatic ring is 1. The number of nitrogens with two attached hydrogens (primary N) is 1. The highest BCUT2D eigenvalue weighted by molar-refractivity contribution is 7.15. The minimum atomic E-state index is -0.472. The van der Waals surface area contributed by atoms with E-state index in [1.807, 2.05) is 0 Å². The van der Waals surface area contributed by atoms with Crippen molar-refractivity contribution >= 4 is 28.3 Å². The summed E-state index contributed by atoms with van der Waals surface area (Å²) in [7, 11) is 0. The molecule has 2 aliphatic rings. The fourth-order valence-corrected chi connectivity index (χ4v) is 5.08. The number of carbonyl (C=O) groups excluding carboxylic acids is 2. The van der Waals surface area contributed by atoms with Crippen LogP contribution in [0.25, 0.3) is 0 Å². The lowest BCUT2D eigenvalue weighted by Gasteiger charge is -2.29. The van der Waals surface area contributed by atoms with E-state index in [2.05, 4.69) is 27.4 Å². The lowest BCUT2D eigenvalue weighted by molar-refractivity contribution is -0.132. The topological polar surface area (TPSA) is 100 Å². The number of likely N-dealkylation sites (N-methyl/N-ethyl adjacent to an activating group) is 1. The van der Waals surface area contributed by atoms with Gasteiger partial charge in [0.15, 0.2) is 5.13 Å². The maximum absolute atomic E-state index is 12.9. The first-order valence-corrected chi connectivity index (χ1v) is 11.4. The van der Waals surface area contributed by atoms with E-state index < -0.39 is 6.04 Å². The molecular formula is C20H33N5O2S. The van der Waals surface area contributed by atoms with Crippen LogP contribution >= 0.6 is 11.3 Å². The van der Waals surface area contributed by atoms with Crippen molar-refractivity contribution < 1.29 is 9.59 Å². The van der Waals surface area contributed by atoms with E-state index in [0.29, 0.717) is 17.6 Å². The predicted octanol–water partition coefficient (Wildman–Crippen LogP) is 2.28. The number of aromatic nitrogens is 1. The van der Waals surface area contributed by atoms with Crippen LogP contribution in [0.15, 0.2) is 6.20 Å². The zero-order valence-corrected chi connectivity index (χ0v) is 17.6. The van der Waals surface area contributed by atoms with Crippen LogP contribution in [0.4, 0.5) is 5.13 Å². The molecule has 1 aliphatic carbocycles. The molecule has 2 atom stereocenters. The predicted molar refractivity (Wildman–Crippen MR) is 112 cm³/mol. The summed E-state index contributed by atoms with van der Waals surface area (Å²) in [6.07, 6.45) is 10.3. The van der Waals surface area contributed by atoms with Gasteiger partial charge in [0.25, 0.3) is 0 Å². The van der Waals surface area contributed by atoms with Crippen LogP contribution in [0.1, 0.15) is 63.2 Å². The Morgan fingerprint density at radius 2 is 2.07 bits per heavy atom. The van der Waals surface area contributed by atoms with Crippen molar-refractivity contribution in [3.05, 3.63) is 11.1 Å². The Bertz CT molecular complexity index is 659. The zero-order chi connectivity index (χ0) is 19.9. The highest BCUT2D eigenvalue weighted by atomic mass is 32.1. The van der Waals surface area contributed by atoms with E-state index in [1.54, 1.807) is 6.20 Å². The summed E-state index contributed by atoms with van der Waals surface area (Å²) in [5, 5.41) is 6.55. The van der Waals surface area contributed by atoms with Gasteiger partial charge in [0.1, 0.15) is 6.04 Å². The largest absolute Gasteiger partial charge is 0.375 e. The number of nitrogens with zero attached hydrogens (tertiary/aromatic N) is 2. The fourth-order valence-electron chi connectivity index (χ4n) is 4.46. The van der Waals surface area contributed by atoms with E-state index in [9.17, 15) is 9.59 Å². The quantitative estimate of drug-likeness (QED) is 0.614. The molecule has 8 heteroatoms. The number of amides is 2. The van der Waals surface area contributed by atoms with Crippen molar-refractivity contribution in [2.24, 2.45) is 5.92 Å². The highest BCUT2D eigenvalue weighted by Crippen LogP contribution is 2.28. The normalized spacial score (nSPS) is 22.1. The second-order valence-electron chi connectivity index (χ2n) is 7.97. The maximum atomic E-state index is 12.9. The molecule has 28 heavy (non-hydrogen) atoms.